The normalized spacial score (nSPS) is 12.1. The third kappa shape index (κ3) is 5.57. The zero-order valence-electron chi connectivity index (χ0n) is 11.5. The second-order valence-corrected chi connectivity index (χ2v) is 4.80. The van der Waals surface area contributed by atoms with E-state index in [1.807, 2.05) is 52.0 Å². The molecule has 0 saturated heterocycles. The fourth-order valence-corrected chi connectivity index (χ4v) is 1.50. The molecule has 4 nitrogen and oxygen atoms in total. The van der Waals surface area contributed by atoms with Crippen molar-refractivity contribution in [1.29, 1.82) is 0 Å². The standard InChI is InChI=1S/C14H22N2O2/c1-10(2)15-14(17)16-12(4)9-18-13-7-5-6-11(3)8-13/h5-8,10,12H,9H2,1-4H3,(H2,15,16,17). The Labute approximate surface area is 109 Å². The highest BCUT2D eigenvalue weighted by Gasteiger charge is 2.08. The first kappa shape index (κ1) is 14.4. The molecule has 0 fully saturated rings. The molecule has 1 unspecified atom stereocenters. The summed E-state index contributed by atoms with van der Waals surface area (Å²) in [7, 11) is 0. The smallest absolute Gasteiger partial charge is 0.315 e. The summed E-state index contributed by atoms with van der Waals surface area (Å²) >= 11 is 0. The van der Waals surface area contributed by atoms with Gasteiger partial charge in [0, 0.05) is 6.04 Å². The fraction of sp³-hybridized carbons (Fsp3) is 0.500. The molecule has 0 aromatic heterocycles. The Bertz CT molecular complexity index is 391. The van der Waals surface area contributed by atoms with E-state index in [1.165, 1.54) is 0 Å². The van der Waals surface area contributed by atoms with E-state index in [2.05, 4.69) is 10.6 Å². The van der Waals surface area contributed by atoms with Crippen molar-refractivity contribution < 1.29 is 9.53 Å². The van der Waals surface area contributed by atoms with Crippen LogP contribution in [0.3, 0.4) is 0 Å². The highest BCUT2D eigenvalue weighted by atomic mass is 16.5. The van der Waals surface area contributed by atoms with Gasteiger partial charge in [-0.25, -0.2) is 4.79 Å². The van der Waals surface area contributed by atoms with Crippen LogP contribution in [0, 0.1) is 6.92 Å². The Morgan fingerprint density at radius 3 is 2.61 bits per heavy atom. The van der Waals surface area contributed by atoms with Gasteiger partial charge in [-0.3, -0.25) is 0 Å². The molecule has 1 atom stereocenters. The summed E-state index contributed by atoms with van der Waals surface area (Å²) in [6, 6.07) is 7.79. The minimum Gasteiger partial charge on any atom is -0.491 e. The number of benzene rings is 1. The molecule has 0 spiro atoms. The average Bonchev–Trinajstić information content (AvgIpc) is 2.25. The van der Waals surface area contributed by atoms with Crippen LogP contribution in [0.4, 0.5) is 4.79 Å². The van der Waals surface area contributed by atoms with Crippen LogP contribution in [0.25, 0.3) is 0 Å². The second kappa shape index (κ2) is 6.89. The summed E-state index contributed by atoms with van der Waals surface area (Å²) in [5, 5.41) is 5.60. The molecule has 0 aliphatic heterocycles. The van der Waals surface area contributed by atoms with Gasteiger partial charge in [-0.15, -0.1) is 0 Å². The van der Waals surface area contributed by atoms with Gasteiger partial charge in [0.2, 0.25) is 0 Å². The number of aryl methyl sites for hydroxylation is 1. The molecule has 0 saturated carbocycles. The van der Waals surface area contributed by atoms with E-state index in [4.69, 9.17) is 4.74 Å². The minimum atomic E-state index is -0.162. The lowest BCUT2D eigenvalue weighted by Gasteiger charge is -2.17. The lowest BCUT2D eigenvalue weighted by atomic mass is 10.2. The molecule has 0 bridgehead atoms. The molecule has 0 aliphatic carbocycles. The molecule has 2 amide bonds. The van der Waals surface area contributed by atoms with Gasteiger partial charge in [-0.1, -0.05) is 12.1 Å². The number of rotatable bonds is 5. The largest absolute Gasteiger partial charge is 0.491 e. The topological polar surface area (TPSA) is 50.4 Å². The van der Waals surface area contributed by atoms with Crippen molar-refractivity contribution in [3.63, 3.8) is 0 Å². The Balaban J connectivity index is 2.33. The number of carbonyl (C=O) groups is 1. The maximum Gasteiger partial charge on any atom is 0.315 e. The van der Waals surface area contributed by atoms with Crippen LogP contribution in [0.15, 0.2) is 24.3 Å². The third-order valence-corrected chi connectivity index (χ3v) is 2.29. The first-order chi connectivity index (χ1) is 8.47. The molecular formula is C14H22N2O2. The molecule has 4 heteroatoms. The van der Waals surface area contributed by atoms with Gasteiger partial charge in [0.1, 0.15) is 12.4 Å². The van der Waals surface area contributed by atoms with Gasteiger partial charge in [0.05, 0.1) is 6.04 Å². The van der Waals surface area contributed by atoms with Crippen LogP contribution in [-0.2, 0) is 0 Å². The Morgan fingerprint density at radius 2 is 2.00 bits per heavy atom. The van der Waals surface area contributed by atoms with Crippen LogP contribution in [-0.4, -0.2) is 24.7 Å². The van der Waals surface area contributed by atoms with Crippen LogP contribution >= 0.6 is 0 Å². The number of ether oxygens (including phenoxy) is 1. The predicted octanol–water partition coefficient (Wildman–Crippen LogP) is 2.47. The quantitative estimate of drug-likeness (QED) is 0.843. The molecule has 18 heavy (non-hydrogen) atoms. The summed E-state index contributed by atoms with van der Waals surface area (Å²) < 4.78 is 5.61. The summed E-state index contributed by atoms with van der Waals surface area (Å²) in [6.07, 6.45) is 0. The number of nitrogens with one attached hydrogen (secondary N) is 2. The highest BCUT2D eigenvalue weighted by molar-refractivity contribution is 5.74. The van der Waals surface area contributed by atoms with Gasteiger partial charge >= 0.3 is 6.03 Å². The predicted molar refractivity (Wildman–Crippen MR) is 72.9 cm³/mol. The van der Waals surface area contributed by atoms with E-state index in [0.29, 0.717) is 6.61 Å². The summed E-state index contributed by atoms with van der Waals surface area (Å²) in [5.74, 6) is 0.827. The van der Waals surface area contributed by atoms with Crippen LogP contribution in [0.2, 0.25) is 0 Å². The van der Waals surface area contributed by atoms with Gasteiger partial charge in [0.15, 0.2) is 0 Å². The Hall–Kier alpha value is -1.71. The van der Waals surface area contributed by atoms with Crippen molar-refractivity contribution in [2.45, 2.75) is 39.8 Å². The third-order valence-electron chi connectivity index (χ3n) is 2.29. The SMILES string of the molecule is Cc1cccc(OCC(C)NC(=O)NC(C)C)c1. The van der Waals surface area contributed by atoms with Gasteiger partial charge in [0.25, 0.3) is 0 Å². The maximum atomic E-state index is 11.5. The molecule has 1 aromatic rings. The first-order valence-corrected chi connectivity index (χ1v) is 6.24. The molecule has 0 heterocycles. The van der Waals surface area contributed by atoms with Crippen molar-refractivity contribution in [1.82, 2.24) is 10.6 Å². The molecule has 2 N–H and O–H groups in total. The molecule has 1 aromatic carbocycles. The molecule has 1 rings (SSSR count). The van der Waals surface area contributed by atoms with Crippen molar-refractivity contribution in [2.24, 2.45) is 0 Å². The monoisotopic (exact) mass is 250 g/mol. The van der Waals surface area contributed by atoms with E-state index < -0.39 is 0 Å². The van der Waals surface area contributed by atoms with Crippen LogP contribution in [0.1, 0.15) is 26.3 Å². The van der Waals surface area contributed by atoms with E-state index in [0.717, 1.165) is 11.3 Å². The van der Waals surface area contributed by atoms with Gasteiger partial charge < -0.3 is 15.4 Å². The van der Waals surface area contributed by atoms with E-state index >= 15 is 0 Å². The maximum absolute atomic E-state index is 11.5. The van der Waals surface area contributed by atoms with Gasteiger partial charge in [-0.05, 0) is 45.4 Å². The lowest BCUT2D eigenvalue weighted by molar-refractivity contribution is 0.224. The number of amides is 2. The first-order valence-electron chi connectivity index (χ1n) is 6.24. The van der Waals surface area contributed by atoms with E-state index in [9.17, 15) is 4.79 Å². The van der Waals surface area contributed by atoms with Crippen molar-refractivity contribution in [3.8, 4) is 5.75 Å². The Kier molecular flexibility index (Phi) is 5.49. The summed E-state index contributed by atoms with van der Waals surface area (Å²) in [4.78, 5) is 11.5. The number of carbonyl (C=O) groups excluding carboxylic acids is 1. The van der Waals surface area contributed by atoms with E-state index in [1.54, 1.807) is 0 Å². The minimum absolute atomic E-state index is 0.0377. The van der Waals surface area contributed by atoms with Crippen molar-refractivity contribution in [2.75, 3.05) is 6.61 Å². The summed E-state index contributed by atoms with van der Waals surface area (Å²) in [6.45, 7) is 8.23. The zero-order valence-corrected chi connectivity index (χ0v) is 11.5. The molecule has 100 valence electrons. The van der Waals surface area contributed by atoms with Crippen LogP contribution < -0.4 is 15.4 Å². The zero-order chi connectivity index (χ0) is 13.5. The molecule has 0 aliphatic rings. The van der Waals surface area contributed by atoms with E-state index in [-0.39, 0.29) is 18.1 Å². The summed E-state index contributed by atoms with van der Waals surface area (Å²) in [5.41, 5.74) is 1.16. The number of hydrogen-bond donors (Lipinski definition) is 2. The number of hydrogen-bond acceptors (Lipinski definition) is 2. The highest BCUT2D eigenvalue weighted by Crippen LogP contribution is 2.12. The van der Waals surface area contributed by atoms with Crippen molar-refractivity contribution >= 4 is 6.03 Å². The molecule has 0 radical (unpaired) electrons. The fourth-order valence-electron chi connectivity index (χ4n) is 1.50. The van der Waals surface area contributed by atoms with Crippen LogP contribution in [0.5, 0.6) is 5.75 Å². The second-order valence-electron chi connectivity index (χ2n) is 4.80. The molecular weight excluding hydrogens is 228 g/mol. The van der Waals surface area contributed by atoms with Gasteiger partial charge in [-0.2, -0.15) is 0 Å². The number of urea groups is 1. The van der Waals surface area contributed by atoms with Crippen molar-refractivity contribution in [3.05, 3.63) is 29.8 Å². The average molecular weight is 250 g/mol. The Morgan fingerprint density at radius 1 is 1.28 bits per heavy atom. The lowest BCUT2D eigenvalue weighted by Crippen LogP contribution is -2.45.